The number of rotatable bonds is 11. The molecule has 142 valence electrons. The van der Waals surface area contributed by atoms with E-state index in [0.717, 1.165) is 0 Å². The highest BCUT2D eigenvalue weighted by atomic mass is 16.6. The molecule has 0 saturated carbocycles. The predicted molar refractivity (Wildman–Crippen MR) is 72.2 cm³/mol. The number of aldehydes is 1. The quantitative estimate of drug-likeness (QED) is 0.124. The fraction of sp³-hybridized carbons (Fsp3) is 0.833. The van der Waals surface area contributed by atoms with Gasteiger partial charge in [0.1, 0.15) is 49.3 Å². The van der Waals surface area contributed by atoms with Crippen molar-refractivity contribution in [3.63, 3.8) is 0 Å². The van der Waals surface area contributed by atoms with E-state index in [1.165, 1.54) is 0 Å². The highest BCUT2D eigenvalue weighted by molar-refractivity contribution is 5.75. The predicted octanol–water partition coefficient (Wildman–Crippen LogP) is -6.39. The second-order valence-corrected chi connectivity index (χ2v) is 4.98. The number of carbonyl (C=O) groups is 2. The standard InChI is InChI=1S/C12H22O12/c13-1-4(15)7(18)9(20)6(17)3-24-12(23)11(22)10(21)8(19)5(16)2-14/h1,4-11,14-22H,2-3H2/t4-,5+,6+,7+,8+,9+,10-,11+/m0/s1. The van der Waals surface area contributed by atoms with Crippen LogP contribution in [0.3, 0.4) is 0 Å². The van der Waals surface area contributed by atoms with Gasteiger partial charge in [-0.1, -0.05) is 0 Å². The second kappa shape index (κ2) is 10.6. The molecule has 0 spiro atoms. The zero-order valence-corrected chi connectivity index (χ0v) is 12.4. The van der Waals surface area contributed by atoms with E-state index in [4.69, 9.17) is 15.3 Å². The SMILES string of the molecule is O=C[C@H](O)[C@@H](O)[C@H](O)[C@H](O)COC(=O)[C@H](O)[C@@H](O)[C@H](O)[C@H](O)CO. The van der Waals surface area contributed by atoms with Crippen LogP contribution in [0.25, 0.3) is 0 Å². The monoisotopic (exact) mass is 358 g/mol. The molecule has 0 aromatic carbocycles. The third kappa shape index (κ3) is 6.35. The van der Waals surface area contributed by atoms with Crippen molar-refractivity contribution in [2.75, 3.05) is 13.2 Å². The molecule has 0 aromatic rings. The Kier molecular flexibility index (Phi) is 10.1. The average molecular weight is 358 g/mol. The molecule has 0 aromatic heterocycles. The molecule has 0 aliphatic rings. The lowest BCUT2D eigenvalue weighted by molar-refractivity contribution is -0.177. The molecule has 0 unspecified atom stereocenters. The molecule has 0 rings (SSSR count). The van der Waals surface area contributed by atoms with Gasteiger partial charge in [-0.25, -0.2) is 4.79 Å². The van der Waals surface area contributed by atoms with E-state index < -0.39 is 68.0 Å². The smallest absolute Gasteiger partial charge is 0.337 e. The summed E-state index contributed by atoms with van der Waals surface area (Å²) in [5, 5.41) is 83.0. The van der Waals surface area contributed by atoms with E-state index in [1.54, 1.807) is 0 Å². The van der Waals surface area contributed by atoms with Crippen LogP contribution in [0, 0.1) is 0 Å². The Hall–Kier alpha value is -1.22. The Morgan fingerprint density at radius 1 is 0.833 bits per heavy atom. The summed E-state index contributed by atoms with van der Waals surface area (Å²) in [6, 6.07) is 0. The summed E-state index contributed by atoms with van der Waals surface area (Å²) in [5.41, 5.74) is 0. The fourth-order valence-electron chi connectivity index (χ4n) is 1.52. The van der Waals surface area contributed by atoms with Crippen molar-refractivity contribution in [2.45, 2.75) is 48.8 Å². The van der Waals surface area contributed by atoms with E-state index in [-0.39, 0.29) is 6.29 Å². The van der Waals surface area contributed by atoms with Gasteiger partial charge in [-0.15, -0.1) is 0 Å². The minimum atomic E-state index is -2.35. The summed E-state index contributed by atoms with van der Waals surface area (Å²) in [6.45, 7) is -1.95. The van der Waals surface area contributed by atoms with Crippen molar-refractivity contribution in [2.24, 2.45) is 0 Å². The number of ether oxygens (including phenoxy) is 1. The third-order valence-corrected chi connectivity index (χ3v) is 3.13. The van der Waals surface area contributed by atoms with Crippen LogP contribution in [-0.2, 0) is 14.3 Å². The first kappa shape index (κ1) is 22.8. The first-order chi connectivity index (χ1) is 11.1. The largest absolute Gasteiger partial charge is 0.461 e. The van der Waals surface area contributed by atoms with Gasteiger partial charge >= 0.3 is 5.97 Å². The topological polar surface area (TPSA) is 225 Å². The Morgan fingerprint density at radius 3 is 1.79 bits per heavy atom. The molecule has 0 fully saturated rings. The van der Waals surface area contributed by atoms with Crippen LogP contribution in [0.4, 0.5) is 0 Å². The first-order valence-electron chi connectivity index (χ1n) is 6.75. The summed E-state index contributed by atoms with van der Waals surface area (Å²) in [4.78, 5) is 21.7. The second-order valence-electron chi connectivity index (χ2n) is 4.98. The molecule has 8 atom stereocenters. The van der Waals surface area contributed by atoms with Crippen molar-refractivity contribution in [3.05, 3.63) is 0 Å². The zero-order chi connectivity index (χ0) is 19.0. The maximum Gasteiger partial charge on any atom is 0.337 e. The van der Waals surface area contributed by atoms with Gasteiger partial charge in [-0.3, -0.25) is 0 Å². The molecular formula is C12H22O12. The van der Waals surface area contributed by atoms with Crippen LogP contribution in [-0.4, -0.2) is 120 Å². The van der Waals surface area contributed by atoms with Crippen molar-refractivity contribution in [3.8, 4) is 0 Å². The molecule has 9 N–H and O–H groups in total. The van der Waals surface area contributed by atoms with Crippen LogP contribution in [0.2, 0.25) is 0 Å². The van der Waals surface area contributed by atoms with Crippen LogP contribution < -0.4 is 0 Å². The highest BCUT2D eigenvalue weighted by Gasteiger charge is 2.36. The van der Waals surface area contributed by atoms with E-state index in [2.05, 4.69) is 4.74 Å². The third-order valence-electron chi connectivity index (χ3n) is 3.13. The Bertz CT molecular complexity index is 390. The lowest BCUT2D eigenvalue weighted by atomic mass is 10.0. The van der Waals surface area contributed by atoms with E-state index in [0.29, 0.717) is 0 Å². The van der Waals surface area contributed by atoms with Crippen molar-refractivity contribution in [1.82, 2.24) is 0 Å². The van der Waals surface area contributed by atoms with Gasteiger partial charge in [0.15, 0.2) is 12.4 Å². The number of esters is 1. The van der Waals surface area contributed by atoms with Gasteiger partial charge < -0.3 is 55.5 Å². The summed E-state index contributed by atoms with van der Waals surface area (Å²) in [6.07, 6.45) is -16.6. The van der Waals surface area contributed by atoms with Crippen molar-refractivity contribution in [1.29, 1.82) is 0 Å². The average Bonchev–Trinajstić information content (AvgIpc) is 2.60. The van der Waals surface area contributed by atoms with Gasteiger partial charge in [0.25, 0.3) is 0 Å². The number of carbonyl (C=O) groups excluding carboxylic acids is 2. The molecular weight excluding hydrogens is 336 g/mol. The number of aliphatic hydroxyl groups excluding tert-OH is 9. The zero-order valence-electron chi connectivity index (χ0n) is 12.4. The molecule has 0 amide bonds. The lowest BCUT2D eigenvalue weighted by Gasteiger charge is -2.26. The molecule has 0 aliphatic carbocycles. The van der Waals surface area contributed by atoms with Crippen LogP contribution in [0.5, 0.6) is 0 Å². The maximum atomic E-state index is 11.4. The molecule has 0 aliphatic heterocycles. The van der Waals surface area contributed by atoms with E-state index >= 15 is 0 Å². The fourth-order valence-corrected chi connectivity index (χ4v) is 1.52. The lowest BCUT2D eigenvalue weighted by Crippen LogP contribution is -2.50. The van der Waals surface area contributed by atoms with Gasteiger partial charge in [0.05, 0.1) is 6.61 Å². The normalized spacial score (nSPS) is 21.7. The molecule has 0 saturated heterocycles. The molecule has 0 heterocycles. The first-order valence-corrected chi connectivity index (χ1v) is 6.75. The van der Waals surface area contributed by atoms with Gasteiger partial charge in [-0.05, 0) is 0 Å². The minimum Gasteiger partial charge on any atom is -0.461 e. The molecule has 12 nitrogen and oxygen atoms in total. The number of aliphatic hydroxyl groups is 9. The molecule has 24 heavy (non-hydrogen) atoms. The summed E-state index contributed by atoms with van der Waals surface area (Å²) in [5.74, 6) is -1.55. The van der Waals surface area contributed by atoms with Gasteiger partial charge in [-0.2, -0.15) is 0 Å². The highest BCUT2D eigenvalue weighted by Crippen LogP contribution is 2.09. The van der Waals surface area contributed by atoms with Crippen molar-refractivity contribution >= 4 is 12.3 Å². The number of hydrogen-bond acceptors (Lipinski definition) is 12. The van der Waals surface area contributed by atoms with Crippen LogP contribution >= 0.6 is 0 Å². The van der Waals surface area contributed by atoms with Crippen LogP contribution in [0.15, 0.2) is 0 Å². The minimum absolute atomic E-state index is 0.0966. The van der Waals surface area contributed by atoms with E-state index in [1.807, 2.05) is 0 Å². The number of hydrogen-bond donors (Lipinski definition) is 9. The maximum absolute atomic E-state index is 11.4. The summed E-state index contributed by atoms with van der Waals surface area (Å²) >= 11 is 0. The molecule has 0 radical (unpaired) electrons. The Balaban J connectivity index is 4.53. The molecule has 12 heteroatoms. The molecule has 0 bridgehead atoms. The Morgan fingerprint density at radius 2 is 1.33 bits per heavy atom. The van der Waals surface area contributed by atoms with Crippen LogP contribution in [0.1, 0.15) is 0 Å². The van der Waals surface area contributed by atoms with Gasteiger partial charge in [0.2, 0.25) is 0 Å². The van der Waals surface area contributed by atoms with E-state index in [9.17, 15) is 40.2 Å². The summed E-state index contributed by atoms with van der Waals surface area (Å²) in [7, 11) is 0. The summed E-state index contributed by atoms with van der Waals surface area (Å²) < 4.78 is 4.34. The Labute approximate surface area is 135 Å². The van der Waals surface area contributed by atoms with Gasteiger partial charge in [0, 0.05) is 0 Å². The van der Waals surface area contributed by atoms with Crippen molar-refractivity contribution < 1.29 is 60.3 Å².